The molecule has 0 spiro atoms. The minimum Gasteiger partial charge on any atom is -0.633 e. The number of hydrogen-bond acceptors (Lipinski definition) is 6. The predicted octanol–water partition coefficient (Wildman–Crippen LogP) is 5.73. The number of ether oxygens (including phenoxy) is 2. The number of benzene rings is 2. The highest BCUT2D eigenvalue weighted by Gasteiger charge is 2.39. The van der Waals surface area contributed by atoms with Crippen molar-refractivity contribution in [1.29, 1.82) is 0 Å². The first-order valence-corrected chi connectivity index (χ1v) is 12.5. The molecule has 2 aromatic carbocycles. The quantitative estimate of drug-likeness (QED) is 0.205. The highest BCUT2D eigenvalue weighted by atomic mass is 19.4. The lowest BCUT2D eigenvalue weighted by Gasteiger charge is -2.42. The molecule has 0 amide bonds. The maximum Gasteiger partial charge on any atom is 0.416 e. The Morgan fingerprint density at radius 3 is 2.17 bits per heavy atom. The minimum absolute atomic E-state index is 0.0193. The van der Waals surface area contributed by atoms with Crippen LogP contribution in [0.5, 0.6) is 0 Å². The van der Waals surface area contributed by atoms with E-state index in [9.17, 15) is 35.9 Å². The third kappa shape index (κ3) is 7.80. The van der Waals surface area contributed by atoms with Crippen LogP contribution in [0.4, 0.5) is 30.7 Å². The molecule has 1 aromatic heterocycles. The van der Waals surface area contributed by atoms with Crippen molar-refractivity contribution >= 4 is 0 Å². The van der Waals surface area contributed by atoms with Gasteiger partial charge in [-0.1, -0.05) is 12.1 Å². The predicted molar refractivity (Wildman–Crippen MR) is 131 cm³/mol. The van der Waals surface area contributed by atoms with E-state index in [-0.39, 0.29) is 31.3 Å². The Labute approximate surface area is 230 Å². The zero-order valence-electron chi connectivity index (χ0n) is 22.3. The summed E-state index contributed by atoms with van der Waals surface area (Å²) < 4.78 is 106. The van der Waals surface area contributed by atoms with E-state index in [1.807, 2.05) is 4.90 Å². The molecular formula is C26H28F7N5O3. The molecule has 1 aliphatic rings. The van der Waals surface area contributed by atoms with Gasteiger partial charge in [-0.2, -0.15) is 41.8 Å². The highest BCUT2D eigenvalue weighted by molar-refractivity contribution is 5.35. The van der Waals surface area contributed by atoms with E-state index in [0.29, 0.717) is 35.6 Å². The van der Waals surface area contributed by atoms with E-state index in [0.717, 1.165) is 0 Å². The van der Waals surface area contributed by atoms with E-state index in [1.54, 1.807) is 0 Å². The van der Waals surface area contributed by atoms with Crippen LogP contribution >= 0.6 is 0 Å². The molecule has 224 valence electrons. The summed E-state index contributed by atoms with van der Waals surface area (Å²) in [5.41, 5.74) is -1.87. The molecular weight excluding hydrogens is 563 g/mol. The summed E-state index contributed by atoms with van der Waals surface area (Å²) in [7, 11) is 2.88. The molecule has 41 heavy (non-hydrogen) atoms. The molecule has 0 bridgehead atoms. The van der Waals surface area contributed by atoms with E-state index >= 15 is 0 Å². The van der Waals surface area contributed by atoms with E-state index in [2.05, 4.69) is 15.4 Å². The van der Waals surface area contributed by atoms with Crippen LogP contribution in [0, 0.1) is 11.0 Å². The Morgan fingerprint density at radius 1 is 1.02 bits per heavy atom. The Kier molecular flexibility index (Phi) is 8.76. The molecule has 0 saturated carbocycles. The number of quaternary nitrogens is 1. The van der Waals surface area contributed by atoms with Crippen molar-refractivity contribution in [1.82, 2.24) is 20.3 Å². The summed E-state index contributed by atoms with van der Waals surface area (Å²) in [6.45, 7) is 1.91. The van der Waals surface area contributed by atoms with Gasteiger partial charge in [0.05, 0.1) is 44.0 Å². The monoisotopic (exact) mass is 591 g/mol. The Balaban J connectivity index is 1.66. The van der Waals surface area contributed by atoms with Crippen molar-refractivity contribution < 1.29 is 44.9 Å². The van der Waals surface area contributed by atoms with Gasteiger partial charge in [-0.3, -0.25) is 4.90 Å². The van der Waals surface area contributed by atoms with E-state index in [4.69, 9.17) is 9.47 Å². The maximum atomic E-state index is 13.7. The number of hydroxylamine groups is 3. The number of rotatable bonds is 8. The minimum atomic E-state index is -5.02. The molecule has 2 heterocycles. The van der Waals surface area contributed by atoms with Gasteiger partial charge in [0.2, 0.25) is 0 Å². The number of alkyl halides is 6. The van der Waals surface area contributed by atoms with Gasteiger partial charge in [0, 0.05) is 13.1 Å². The van der Waals surface area contributed by atoms with E-state index < -0.39 is 52.4 Å². The highest BCUT2D eigenvalue weighted by Crippen LogP contribution is 2.40. The molecule has 8 nitrogen and oxygen atoms in total. The van der Waals surface area contributed by atoms with Crippen LogP contribution in [-0.4, -0.2) is 58.5 Å². The molecule has 1 aliphatic heterocycles. The topological polar surface area (TPSA) is 86.3 Å². The van der Waals surface area contributed by atoms with Gasteiger partial charge in [0.1, 0.15) is 23.7 Å². The standard InChI is InChI=1S/C26H28F7N5O3/c1-15(17-10-18(25(28,29)30)12-19(11-17)26(31,32)33)41-24-23(16-4-6-20(27)7-5-16)37(8-9-40-24)13-21-22(35-36-34-21)14-38(2,3)39/h4-7,10-12,15,23-24H,8-9,13-14H2,1-3H3,(H,34,35,36). The largest absolute Gasteiger partial charge is 0.633 e. The number of morpholine rings is 1. The van der Waals surface area contributed by atoms with Crippen molar-refractivity contribution in [2.75, 3.05) is 27.2 Å². The number of H-pyrrole nitrogens is 1. The Morgan fingerprint density at radius 2 is 1.61 bits per heavy atom. The number of nitrogens with one attached hydrogen (secondary N) is 1. The summed E-state index contributed by atoms with van der Waals surface area (Å²) in [6.07, 6.45) is -12.5. The molecule has 0 aliphatic carbocycles. The third-order valence-electron chi connectivity index (χ3n) is 6.53. The van der Waals surface area contributed by atoms with Crippen molar-refractivity contribution in [3.63, 3.8) is 0 Å². The summed E-state index contributed by atoms with van der Waals surface area (Å²) in [4.78, 5) is 1.85. The summed E-state index contributed by atoms with van der Waals surface area (Å²) in [6, 6.07) is 5.89. The van der Waals surface area contributed by atoms with Gasteiger partial charge in [-0.15, -0.1) is 0 Å². The van der Waals surface area contributed by atoms with Crippen molar-refractivity contribution in [2.45, 2.75) is 50.8 Å². The zero-order chi connectivity index (χ0) is 30.2. The van der Waals surface area contributed by atoms with Gasteiger partial charge >= 0.3 is 12.4 Å². The van der Waals surface area contributed by atoms with Crippen molar-refractivity contribution in [2.24, 2.45) is 0 Å². The fourth-order valence-electron chi connectivity index (χ4n) is 4.58. The fraction of sp³-hybridized carbons (Fsp3) is 0.462. The molecule has 1 fully saturated rings. The second-order valence-electron chi connectivity index (χ2n) is 10.3. The average Bonchev–Trinajstić information content (AvgIpc) is 3.28. The summed E-state index contributed by atoms with van der Waals surface area (Å²) >= 11 is 0. The molecule has 3 aromatic rings. The van der Waals surface area contributed by atoms with Crippen LogP contribution in [0.25, 0.3) is 0 Å². The van der Waals surface area contributed by atoms with Gasteiger partial charge in [-0.05, 0) is 48.4 Å². The SMILES string of the molecule is CC(OC1OCCN(Cc2n[nH]nc2C[N+](C)(C)[O-])C1c1ccc(F)cc1)c1cc(C(F)(F)F)cc(C(F)(F)F)c1. The second-order valence-corrected chi connectivity index (χ2v) is 10.3. The van der Waals surface area contributed by atoms with Crippen molar-refractivity contribution in [3.8, 4) is 0 Å². The number of hydrogen-bond donors (Lipinski definition) is 1. The molecule has 15 heteroatoms. The lowest BCUT2D eigenvalue weighted by atomic mass is 10.0. The number of halogens is 7. The Hall–Kier alpha value is -3.11. The van der Waals surface area contributed by atoms with Crippen LogP contribution in [0.2, 0.25) is 0 Å². The zero-order valence-corrected chi connectivity index (χ0v) is 22.3. The first-order chi connectivity index (χ1) is 19.0. The van der Waals surface area contributed by atoms with Crippen LogP contribution in [0.3, 0.4) is 0 Å². The lowest BCUT2D eigenvalue weighted by Crippen LogP contribution is -2.46. The van der Waals surface area contributed by atoms with Gasteiger partial charge in [-0.25, -0.2) is 4.39 Å². The van der Waals surface area contributed by atoms with Gasteiger partial charge < -0.3 is 19.3 Å². The van der Waals surface area contributed by atoms with Crippen LogP contribution < -0.4 is 0 Å². The smallest absolute Gasteiger partial charge is 0.416 e. The molecule has 1 saturated heterocycles. The number of aromatic amines is 1. The molecule has 4 rings (SSSR count). The molecule has 3 atom stereocenters. The number of nitrogens with zero attached hydrogens (tertiary/aromatic N) is 4. The average molecular weight is 592 g/mol. The van der Waals surface area contributed by atoms with Gasteiger partial charge in [0.15, 0.2) is 6.29 Å². The second kappa shape index (κ2) is 11.6. The first kappa shape index (κ1) is 30.8. The normalized spacial score (nSPS) is 19.9. The van der Waals surface area contributed by atoms with Crippen molar-refractivity contribution in [3.05, 3.63) is 87.1 Å². The summed E-state index contributed by atoms with van der Waals surface area (Å²) in [5.74, 6) is -0.513. The van der Waals surface area contributed by atoms with Gasteiger partial charge in [0.25, 0.3) is 0 Å². The number of aromatic nitrogens is 3. The molecule has 1 N–H and O–H groups in total. The third-order valence-corrected chi connectivity index (χ3v) is 6.53. The van der Waals surface area contributed by atoms with E-state index in [1.165, 1.54) is 45.3 Å². The lowest BCUT2D eigenvalue weighted by molar-refractivity contribution is -0.854. The fourth-order valence-corrected chi connectivity index (χ4v) is 4.58. The first-order valence-electron chi connectivity index (χ1n) is 12.5. The molecule has 0 radical (unpaired) electrons. The van der Waals surface area contributed by atoms with Crippen LogP contribution in [0.1, 0.15) is 52.7 Å². The maximum absolute atomic E-state index is 13.7. The van der Waals surface area contributed by atoms with Crippen LogP contribution in [-0.2, 0) is 34.9 Å². The molecule has 3 unspecified atom stereocenters. The Bertz CT molecular complexity index is 1290. The summed E-state index contributed by atoms with van der Waals surface area (Å²) in [5, 5.41) is 23.0. The van der Waals surface area contributed by atoms with Crippen LogP contribution in [0.15, 0.2) is 42.5 Å².